The first-order valence-electron chi connectivity index (χ1n) is 2.96. The lowest BCUT2D eigenvalue weighted by Gasteiger charge is -1.93. The lowest BCUT2D eigenvalue weighted by molar-refractivity contribution is -0.136. The molecule has 0 aliphatic carbocycles. The maximum atomic E-state index is 9.90. The van der Waals surface area contributed by atoms with Crippen LogP contribution < -0.4 is 5.73 Å². The summed E-state index contributed by atoms with van der Waals surface area (Å²) in [5.41, 5.74) is 5.10. The summed E-state index contributed by atoms with van der Waals surface area (Å²) in [5, 5.41) is 8.14. The first-order chi connectivity index (χ1) is 4.77. The molecule has 3 N–H and O–H groups in total. The molecule has 0 atom stereocenters. The van der Waals surface area contributed by atoms with E-state index in [0.717, 1.165) is 0 Å². The van der Waals surface area contributed by atoms with E-state index < -0.39 is 5.97 Å². The number of hydrogen-bond acceptors (Lipinski definition) is 3. The van der Waals surface area contributed by atoms with Crippen LogP contribution in [0.1, 0.15) is 6.42 Å². The Hall–Kier alpha value is -1.03. The average Bonchev–Trinajstić information content (AvgIpc) is 1.87. The van der Waals surface area contributed by atoms with Gasteiger partial charge in [-0.25, -0.2) is 0 Å². The third-order valence-corrected chi connectivity index (χ3v) is 0.721. The molecule has 0 rings (SSSR count). The maximum absolute atomic E-state index is 9.90. The topological polar surface area (TPSA) is 72.5 Å². The zero-order valence-electron chi connectivity index (χ0n) is 5.62. The Morgan fingerprint density at radius 1 is 1.70 bits per heavy atom. The van der Waals surface area contributed by atoms with E-state index >= 15 is 0 Å². The summed E-state index contributed by atoms with van der Waals surface area (Å²) < 4.78 is 4.76. The molecule has 0 aromatic heterocycles. The second-order valence-corrected chi connectivity index (χ2v) is 1.63. The van der Waals surface area contributed by atoms with E-state index in [0.29, 0.717) is 13.2 Å². The molecule has 0 aliphatic rings. The van der Waals surface area contributed by atoms with Gasteiger partial charge in [0.1, 0.15) is 0 Å². The van der Waals surface area contributed by atoms with Gasteiger partial charge in [-0.05, 0) is 6.08 Å². The van der Waals surface area contributed by atoms with Gasteiger partial charge in [0.05, 0.1) is 19.3 Å². The van der Waals surface area contributed by atoms with E-state index in [9.17, 15) is 4.79 Å². The van der Waals surface area contributed by atoms with Gasteiger partial charge in [-0.1, -0.05) is 0 Å². The highest BCUT2D eigenvalue weighted by Gasteiger charge is 1.87. The van der Waals surface area contributed by atoms with Crippen molar-refractivity contribution in [1.29, 1.82) is 0 Å². The number of hydrogen-bond donors (Lipinski definition) is 2. The van der Waals surface area contributed by atoms with E-state index in [1.165, 1.54) is 12.3 Å². The molecular weight excluding hydrogens is 134 g/mol. The van der Waals surface area contributed by atoms with Gasteiger partial charge in [0.15, 0.2) is 0 Å². The van der Waals surface area contributed by atoms with Crippen molar-refractivity contribution < 1.29 is 14.6 Å². The third-order valence-electron chi connectivity index (χ3n) is 0.721. The molecule has 0 spiro atoms. The highest BCUT2D eigenvalue weighted by molar-refractivity contribution is 5.68. The molecule has 0 aromatic carbocycles. The van der Waals surface area contributed by atoms with Gasteiger partial charge < -0.3 is 15.6 Å². The summed E-state index contributed by atoms with van der Waals surface area (Å²) in [6.07, 6.45) is 2.77. The van der Waals surface area contributed by atoms with Gasteiger partial charge in [0, 0.05) is 6.54 Å². The molecule has 0 aromatic rings. The highest BCUT2D eigenvalue weighted by atomic mass is 16.5. The fourth-order valence-electron chi connectivity index (χ4n) is 0.353. The Bertz CT molecular complexity index is 122. The number of rotatable bonds is 5. The second-order valence-electron chi connectivity index (χ2n) is 1.63. The Kier molecular flexibility index (Phi) is 5.47. The fraction of sp³-hybridized carbons (Fsp3) is 0.500. The summed E-state index contributed by atoms with van der Waals surface area (Å²) in [6, 6.07) is 0. The zero-order valence-corrected chi connectivity index (χ0v) is 5.62. The normalized spacial score (nSPS) is 10.1. The van der Waals surface area contributed by atoms with Crippen LogP contribution in [0.25, 0.3) is 0 Å². The van der Waals surface area contributed by atoms with E-state index in [1.807, 2.05) is 0 Å². The molecule has 0 fully saturated rings. The first-order valence-corrected chi connectivity index (χ1v) is 2.96. The van der Waals surface area contributed by atoms with Crippen LogP contribution in [0.4, 0.5) is 0 Å². The predicted octanol–water partition coefficient (Wildman–Crippen LogP) is -0.0499. The minimum absolute atomic E-state index is 0.00935. The lowest BCUT2D eigenvalue weighted by Crippen LogP contribution is -2.05. The monoisotopic (exact) mass is 145 g/mol. The van der Waals surface area contributed by atoms with Crippen molar-refractivity contribution in [1.82, 2.24) is 0 Å². The van der Waals surface area contributed by atoms with Crippen molar-refractivity contribution >= 4 is 5.97 Å². The minimum Gasteiger partial charge on any atom is -0.500 e. The molecule has 0 heterocycles. The molecular formula is C6H11NO3. The van der Waals surface area contributed by atoms with Crippen LogP contribution in [0.2, 0.25) is 0 Å². The fourth-order valence-corrected chi connectivity index (χ4v) is 0.353. The lowest BCUT2D eigenvalue weighted by atomic mass is 10.4. The Morgan fingerprint density at radius 2 is 2.40 bits per heavy atom. The Balaban J connectivity index is 3.12. The average molecular weight is 145 g/mol. The zero-order chi connectivity index (χ0) is 7.82. The summed E-state index contributed by atoms with van der Waals surface area (Å²) in [7, 11) is 0. The largest absolute Gasteiger partial charge is 0.500 e. The molecule has 4 heteroatoms. The quantitative estimate of drug-likeness (QED) is 0.420. The smallest absolute Gasteiger partial charge is 0.307 e. The maximum Gasteiger partial charge on any atom is 0.307 e. The molecule has 4 nitrogen and oxygen atoms in total. The van der Waals surface area contributed by atoms with Gasteiger partial charge in [-0.15, -0.1) is 0 Å². The number of carboxylic acids is 1. The van der Waals surface area contributed by atoms with Gasteiger partial charge in [0.25, 0.3) is 0 Å². The van der Waals surface area contributed by atoms with Crippen molar-refractivity contribution in [2.24, 2.45) is 5.73 Å². The number of carbonyl (C=O) groups is 1. The van der Waals surface area contributed by atoms with Crippen LogP contribution in [-0.2, 0) is 9.53 Å². The SMILES string of the molecule is NCCOC=CCC(=O)O. The van der Waals surface area contributed by atoms with E-state index in [1.54, 1.807) is 0 Å². The number of aliphatic carboxylic acids is 1. The van der Waals surface area contributed by atoms with Crippen molar-refractivity contribution in [3.63, 3.8) is 0 Å². The molecule has 0 aliphatic heterocycles. The van der Waals surface area contributed by atoms with Crippen LogP contribution in [-0.4, -0.2) is 24.2 Å². The van der Waals surface area contributed by atoms with Gasteiger partial charge in [0.2, 0.25) is 0 Å². The minimum atomic E-state index is -0.868. The summed E-state index contributed by atoms with van der Waals surface area (Å²) >= 11 is 0. The van der Waals surface area contributed by atoms with Gasteiger partial charge >= 0.3 is 5.97 Å². The van der Waals surface area contributed by atoms with E-state index in [2.05, 4.69) is 0 Å². The first kappa shape index (κ1) is 8.97. The van der Waals surface area contributed by atoms with Crippen molar-refractivity contribution in [3.05, 3.63) is 12.3 Å². The molecule has 0 radical (unpaired) electrons. The third kappa shape index (κ3) is 6.97. The molecule has 0 saturated carbocycles. The number of carboxylic acid groups (broad SMARTS) is 1. The summed E-state index contributed by atoms with van der Waals surface area (Å²) in [4.78, 5) is 9.90. The van der Waals surface area contributed by atoms with Crippen LogP contribution in [0.15, 0.2) is 12.3 Å². The standard InChI is InChI=1S/C6H11NO3/c7-3-5-10-4-1-2-6(8)9/h1,4H,2-3,5,7H2,(H,8,9). The van der Waals surface area contributed by atoms with Gasteiger partial charge in [-0.3, -0.25) is 4.79 Å². The summed E-state index contributed by atoms with van der Waals surface area (Å²) in [5.74, 6) is -0.868. The van der Waals surface area contributed by atoms with Crippen LogP contribution >= 0.6 is 0 Å². The molecule has 0 saturated heterocycles. The molecule has 10 heavy (non-hydrogen) atoms. The highest BCUT2D eigenvalue weighted by Crippen LogP contribution is 1.82. The van der Waals surface area contributed by atoms with E-state index in [-0.39, 0.29) is 6.42 Å². The van der Waals surface area contributed by atoms with Crippen LogP contribution in [0.3, 0.4) is 0 Å². The molecule has 0 amide bonds. The molecule has 58 valence electrons. The van der Waals surface area contributed by atoms with E-state index in [4.69, 9.17) is 15.6 Å². The Labute approximate surface area is 59.3 Å². The number of nitrogens with two attached hydrogens (primary N) is 1. The summed E-state index contributed by atoms with van der Waals surface area (Å²) in [6.45, 7) is 0.869. The predicted molar refractivity (Wildman–Crippen MR) is 36.4 cm³/mol. The van der Waals surface area contributed by atoms with Crippen LogP contribution in [0.5, 0.6) is 0 Å². The van der Waals surface area contributed by atoms with Crippen molar-refractivity contribution in [2.45, 2.75) is 6.42 Å². The van der Waals surface area contributed by atoms with Crippen molar-refractivity contribution in [2.75, 3.05) is 13.2 Å². The molecule has 0 unspecified atom stereocenters. The Morgan fingerprint density at radius 3 is 2.90 bits per heavy atom. The van der Waals surface area contributed by atoms with Gasteiger partial charge in [-0.2, -0.15) is 0 Å². The second kappa shape index (κ2) is 6.10. The number of ether oxygens (including phenoxy) is 1. The molecule has 0 bridgehead atoms. The van der Waals surface area contributed by atoms with Crippen LogP contribution in [0, 0.1) is 0 Å². The van der Waals surface area contributed by atoms with Crippen molar-refractivity contribution in [3.8, 4) is 0 Å².